The van der Waals surface area contributed by atoms with Crippen molar-refractivity contribution in [2.24, 2.45) is 0 Å². The van der Waals surface area contributed by atoms with Crippen molar-refractivity contribution >= 4 is 44.9 Å². The summed E-state index contributed by atoms with van der Waals surface area (Å²) in [5.41, 5.74) is 5.08. The minimum atomic E-state index is 0.715. The Kier molecular flexibility index (Phi) is 3.00. The van der Waals surface area contributed by atoms with Crippen LogP contribution < -0.4 is 0 Å². The molecule has 0 atom stereocenters. The molecule has 4 nitrogen and oxygen atoms in total. The molecule has 0 aliphatic rings. The van der Waals surface area contributed by atoms with Gasteiger partial charge in [-0.1, -0.05) is 30.8 Å². The first-order valence-electron chi connectivity index (χ1n) is 6.93. The third-order valence-electron chi connectivity index (χ3n) is 3.26. The van der Waals surface area contributed by atoms with E-state index in [1.54, 1.807) is 11.8 Å². The number of hydrogen-bond acceptors (Lipinski definition) is 5. The van der Waals surface area contributed by atoms with E-state index in [9.17, 15) is 0 Å². The van der Waals surface area contributed by atoms with E-state index in [0.717, 1.165) is 45.3 Å². The lowest BCUT2D eigenvalue weighted by Crippen LogP contribution is -1.86. The van der Waals surface area contributed by atoms with Crippen LogP contribution in [0.25, 0.3) is 33.2 Å². The van der Waals surface area contributed by atoms with Crippen LogP contribution in [0, 0.1) is 0 Å². The van der Waals surface area contributed by atoms with Gasteiger partial charge in [0.2, 0.25) is 0 Å². The molecule has 104 valence electrons. The maximum Gasteiger partial charge on any atom is 0.256 e. The number of fused-ring (bicyclic) bond motifs is 3. The van der Waals surface area contributed by atoms with Crippen LogP contribution in [0.5, 0.6) is 0 Å². The maximum absolute atomic E-state index is 5.77. The fourth-order valence-corrected chi connectivity index (χ4v) is 2.96. The van der Waals surface area contributed by atoms with E-state index in [-0.39, 0.29) is 0 Å². The fraction of sp³-hybridized carbons (Fsp3) is 0.188. The second-order valence-corrected chi connectivity index (χ2v) is 5.90. The van der Waals surface area contributed by atoms with Crippen molar-refractivity contribution in [2.45, 2.75) is 18.6 Å². The van der Waals surface area contributed by atoms with Crippen LogP contribution in [0.2, 0.25) is 0 Å². The lowest BCUT2D eigenvalue weighted by molar-refractivity contribution is 0.489. The van der Waals surface area contributed by atoms with Gasteiger partial charge in [0.05, 0.1) is 22.1 Å². The highest BCUT2D eigenvalue weighted by molar-refractivity contribution is 7.99. The van der Waals surface area contributed by atoms with Gasteiger partial charge in [-0.2, -0.15) is 0 Å². The molecule has 2 aromatic carbocycles. The minimum absolute atomic E-state index is 0.715. The second-order valence-electron chi connectivity index (χ2n) is 4.85. The third kappa shape index (κ3) is 2.23. The average molecular weight is 295 g/mol. The molecule has 2 aromatic heterocycles. The number of benzene rings is 2. The number of hydrogen-bond donors (Lipinski definition) is 0. The molecular formula is C16H13N3OS. The van der Waals surface area contributed by atoms with Crippen LogP contribution in [0.15, 0.2) is 46.0 Å². The topological polar surface area (TPSA) is 51.8 Å². The molecule has 5 heteroatoms. The molecule has 0 spiro atoms. The molecule has 4 rings (SSSR count). The first-order valence-corrected chi connectivity index (χ1v) is 7.92. The van der Waals surface area contributed by atoms with E-state index < -0.39 is 0 Å². The Morgan fingerprint density at radius 2 is 1.62 bits per heavy atom. The summed E-state index contributed by atoms with van der Waals surface area (Å²) in [5, 5.41) is 0.715. The monoisotopic (exact) mass is 295 g/mol. The lowest BCUT2D eigenvalue weighted by Gasteiger charge is -1.99. The summed E-state index contributed by atoms with van der Waals surface area (Å²) in [6, 6.07) is 11.7. The van der Waals surface area contributed by atoms with Gasteiger partial charge in [-0.05, 0) is 24.6 Å². The van der Waals surface area contributed by atoms with Crippen LogP contribution in [-0.2, 0) is 0 Å². The van der Waals surface area contributed by atoms with Gasteiger partial charge >= 0.3 is 0 Å². The Balaban J connectivity index is 1.92. The molecule has 0 aliphatic heterocycles. The summed E-state index contributed by atoms with van der Waals surface area (Å²) in [7, 11) is 0. The summed E-state index contributed by atoms with van der Waals surface area (Å²) in [4.78, 5) is 13.8. The quantitative estimate of drug-likeness (QED) is 0.413. The van der Waals surface area contributed by atoms with Crippen LogP contribution >= 0.6 is 11.8 Å². The molecule has 4 aromatic rings. The van der Waals surface area contributed by atoms with Crippen molar-refractivity contribution < 1.29 is 4.42 Å². The van der Waals surface area contributed by atoms with E-state index in [4.69, 9.17) is 4.42 Å². The summed E-state index contributed by atoms with van der Waals surface area (Å²) >= 11 is 1.64. The second kappa shape index (κ2) is 5.00. The molecule has 0 fully saturated rings. The number of rotatable bonds is 3. The lowest BCUT2D eigenvalue weighted by atomic mass is 10.2. The Hall–Kier alpha value is -2.14. The maximum atomic E-state index is 5.77. The van der Waals surface area contributed by atoms with Gasteiger partial charge in [0.25, 0.3) is 5.22 Å². The standard InChI is InChI=1S/C16H13N3OS/c1-2-7-21-16-19-14-8-12-13(9-15(14)20-16)18-11-6-4-3-5-10(11)17-12/h3-6,8-9H,2,7H2,1H3. The Morgan fingerprint density at radius 3 is 2.33 bits per heavy atom. The molecular weight excluding hydrogens is 282 g/mol. The van der Waals surface area contributed by atoms with Gasteiger partial charge in [-0.25, -0.2) is 15.0 Å². The molecule has 0 saturated heterocycles. The zero-order valence-corrected chi connectivity index (χ0v) is 12.4. The van der Waals surface area contributed by atoms with Gasteiger partial charge in [0, 0.05) is 11.8 Å². The normalized spacial score (nSPS) is 11.7. The first kappa shape index (κ1) is 12.6. The van der Waals surface area contributed by atoms with Crippen LogP contribution in [0.4, 0.5) is 0 Å². The summed E-state index contributed by atoms with van der Waals surface area (Å²) in [6.45, 7) is 2.14. The predicted octanol–water partition coefficient (Wildman–Crippen LogP) is 4.43. The largest absolute Gasteiger partial charge is 0.431 e. The number of para-hydroxylation sites is 2. The zero-order chi connectivity index (χ0) is 14.2. The summed E-state index contributed by atoms with van der Waals surface area (Å²) < 4.78 is 5.77. The highest BCUT2D eigenvalue weighted by Gasteiger charge is 2.09. The van der Waals surface area contributed by atoms with Crippen molar-refractivity contribution in [3.8, 4) is 0 Å². The molecule has 0 aliphatic carbocycles. The molecule has 0 bridgehead atoms. The smallest absolute Gasteiger partial charge is 0.256 e. The first-order chi connectivity index (χ1) is 10.3. The predicted molar refractivity (Wildman–Crippen MR) is 85.6 cm³/mol. The van der Waals surface area contributed by atoms with E-state index in [1.165, 1.54) is 0 Å². The van der Waals surface area contributed by atoms with Gasteiger partial charge < -0.3 is 4.42 Å². The zero-order valence-electron chi connectivity index (χ0n) is 11.5. The Bertz CT molecular complexity index is 876. The Morgan fingerprint density at radius 1 is 0.905 bits per heavy atom. The number of aromatic nitrogens is 3. The van der Waals surface area contributed by atoms with Crippen LogP contribution in [-0.4, -0.2) is 20.7 Å². The van der Waals surface area contributed by atoms with Crippen molar-refractivity contribution in [1.82, 2.24) is 15.0 Å². The number of thioether (sulfide) groups is 1. The molecule has 2 heterocycles. The van der Waals surface area contributed by atoms with E-state index in [2.05, 4.69) is 21.9 Å². The third-order valence-corrected chi connectivity index (χ3v) is 4.29. The van der Waals surface area contributed by atoms with Gasteiger partial charge in [0.15, 0.2) is 5.58 Å². The highest BCUT2D eigenvalue weighted by atomic mass is 32.2. The highest BCUT2D eigenvalue weighted by Crippen LogP contribution is 2.27. The molecule has 0 N–H and O–H groups in total. The van der Waals surface area contributed by atoms with Crippen molar-refractivity contribution in [3.63, 3.8) is 0 Å². The van der Waals surface area contributed by atoms with E-state index >= 15 is 0 Å². The molecule has 21 heavy (non-hydrogen) atoms. The van der Waals surface area contributed by atoms with Gasteiger partial charge in [-0.15, -0.1) is 0 Å². The van der Waals surface area contributed by atoms with Crippen LogP contribution in [0.3, 0.4) is 0 Å². The molecule has 0 radical (unpaired) electrons. The van der Waals surface area contributed by atoms with E-state index in [0.29, 0.717) is 5.22 Å². The average Bonchev–Trinajstić information content (AvgIpc) is 2.90. The number of nitrogens with zero attached hydrogens (tertiary/aromatic N) is 3. The van der Waals surface area contributed by atoms with Gasteiger partial charge in [-0.3, -0.25) is 0 Å². The number of oxazole rings is 1. The SMILES string of the molecule is CCCSc1nc2cc3nc4ccccc4nc3cc2o1. The summed E-state index contributed by atoms with van der Waals surface area (Å²) in [6.07, 6.45) is 1.10. The summed E-state index contributed by atoms with van der Waals surface area (Å²) in [5.74, 6) is 1.01. The van der Waals surface area contributed by atoms with E-state index in [1.807, 2.05) is 36.4 Å². The molecule has 0 unspecified atom stereocenters. The van der Waals surface area contributed by atoms with Crippen molar-refractivity contribution in [3.05, 3.63) is 36.4 Å². The molecule has 0 amide bonds. The van der Waals surface area contributed by atoms with Gasteiger partial charge in [0.1, 0.15) is 5.52 Å². The van der Waals surface area contributed by atoms with Crippen molar-refractivity contribution in [1.29, 1.82) is 0 Å². The Labute approximate surface area is 125 Å². The van der Waals surface area contributed by atoms with Crippen molar-refractivity contribution in [2.75, 3.05) is 5.75 Å². The minimum Gasteiger partial charge on any atom is -0.431 e. The molecule has 0 saturated carbocycles. The fourth-order valence-electron chi connectivity index (χ4n) is 2.27. The van der Waals surface area contributed by atoms with Crippen LogP contribution in [0.1, 0.15) is 13.3 Å².